The number of carbonyl (C=O) groups is 1. The molecule has 0 bridgehead atoms. The molecule has 2 rings (SSSR count). The van der Waals surface area contributed by atoms with Crippen LogP contribution in [-0.2, 0) is 0 Å². The van der Waals surface area contributed by atoms with E-state index in [1.807, 2.05) is 0 Å². The molecule has 1 amide bonds. The van der Waals surface area contributed by atoms with Gasteiger partial charge in [0.15, 0.2) is 5.11 Å². The van der Waals surface area contributed by atoms with Gasteiger partial charge in [-0.2, -0.15) is 0 Å². The van der Waals surface area contributed by atoms with E-state index in [0.717, 1.165) is 0 Å². The van der Waals surface area contributed by atoms with Crippen molar-refractivity contribution in [3.8, 4) is 0 Å². The molecule has 0 unspecified atom stereocenters. The van der Waals surface area contributed by atoms with E-state index in [-0.39, 0.29) is 21.4 Å². The number of nitrogens with one attached hydrogen (secondary N) is 2. The first-order valence-corrected chi connectivity index (χ1v) is 7.77. The van der Waals surface area contributed by atoms with Gasteiger partial charge in [-0.25, -0.2) is 0 Å². The van der Waals surface area contributed by atoms with Gasteiger partial charge in [0.1, 0.15) is 0 Å². The molecule has 0 saturated heterocycles. The standard InChI is InChI=1S/C15H11Cl2N3O3S/c1-8-12(3-2-4-13(8)20(22)23)18-15(24)19-14(21)10-6-5-9(16)7-11(10)17/h2-7H,1H3,(H2,18,19,21,24). The average Bonchev–Trinajstić information content (AvgIpc) is 2.48. The maximum atomic E-state index is 12.2. The van der Waals surface area contributed by atoms with Crippen LogP contribution in [0, 0.1) is 17.0 Å². The van der Waals surface area contributed by atoms with Gasteiger partial charge < -0.3 is 5.32 Å². The molecular formula is C15H11Cl2N3O3S. The van der Waals surface area contributed by atoms with Crippen molar-refractivity contribution in [1.82, 2.24) is 5.32 Å². The lowest BCUT2D eigenvalue weighted by Crippen LogP contribution is -2.34. The van der Waals surface area contributed by atoms with E-state index in [0.29, 0.717) is 16.3 Å². The van der Waals surface area contributed by atoms with Gasteiger partial charge in [0.2, 0.25) is 0 Å². The van der Waals surface area contributed by atoms with Gasteiger partial charge >= 0.3 is 0 Å². The SMILES string of the molecule is Cc1c(NC(=S)NC(=O)c2ccc(Cl)cc2Cl)cccc1[N+](=O)[O-]. The lowest BCUT2D eigenvalue weighted by molar-refractivity contribution is -0.385. The second-order valence-electron chi connectivity index (χ2n) is 4.74. The third-order valence-electron chi connectivity index (χ3n) is 3.15. The molecule has 0 heterocycles. The predicted molar refractivity (Wildman–Crippen MR) is 98.0 cm³/mol. The second-order valence-corrected chi connectivity index (χ2v) is 5.99. The topological polar surface area (TPSA) is 84.3 Å². The minimum Gasteiger partial charge on any atom is -0.332 e. The molecule has 124 valence electrons. The first-order valence-electron chi connectivity index (χ1n) is 6.61. The Morgan fingerprint density at radius 2 is 1.96 bits per heavy atom. The number of nitro groups is 1. The van der Waals surface area contributed by atoms with Crippen molar-refractivity contribution in [2.24, 2.45) is 0 Å². The zero-order valence-corrected chi connectivity index (χ0v) is 14.6. The number of thiocarbonyl (C=S) groups is 1. The molecule has 0 aromatic heterocycles. The molecule has 0 radical (unpaired) electrons. The number of hydrogen-bond donors (Lipinski definition) is 2. The summed E-state index contributed by atoms with van der Waals surface area (Å²) in [6.07, 6.45) is 0. The monoisotopic (exact) mass is 383 g/mol. The molecule has 2 aromatic carbocycles. The summed E-state index contributed by atoms with van der Waals surface area (Å²) in [6.45, 7) is 1.58. The zero-order valence-electron chi connectivity index (χ0n) is 12.3. The average molecular weight is 384 g/mol. The lowest BCUT2D eigenvalue weighted by atomic mass is 10.1. The summed E-state index contributed by atoms with van der Waals surface area (Å²) >= 11 is 16.8. The van der Waals surface area contributed by atoms with Crippen molar-refractivity contribution in [2.45, 2.75) is 6.92 Å². The van der Waals surface area contributed by atoms with E-state index in [1.165, 1.54) is 30.3 Å². The number of anilines is 1. The maximum absolute atomic E-state index is 12.2. The van der Waals surface area contributed by atoms with Crippen LogP contribution in [0.2, 0.25) is 10.0 Å². The van der Waals surface area contributed by atoms with Gasteiger partial charge in [0.05, 0.1) is 26.8 Å². The highest BCUT2D eigenvalue weighted by Crippen LogP contribution is 2.25. The molecule has 0 atom stereocenters. The van der Waals surface area contributed by atoms with Crippen molar-refractivity contribution in [3.63, 3.8) is 0 Å². The Morgan fingerprint density at radius 3 is 2.58 bits per heavy atom. The number of nitro benzene ring substituents is 1. The molecule has 0 spiro atoms. The number of nitrogens with zero attached hydrogens (tertiary/aromatic N) is 1. The van der Waals surface area contributed by atoms with Crippen LogP contribution in [0.25, 0.3) is 0 Å². The van der Waals surface area contributed by atoms with Crippen LogP contribution in [0.3, 0.4) is 0 Å². The van der Waals surface area contributed by atoms with E-state index in [1.54, 1.807) is 13.0 Å². The van der Waals surface area contributed by atoms with Crippen LogP contribution in [0.4, 0.5) is 11.4 Å². The highest BCUT2D eigenvalue weighted by molar-refractivity contribution is 7.80. The summed E-state index contributed by atoms with van der Waals surface area (Å²) in [6, 6.07) is 8.98. The van der Waals surface area contributed by atoms with Crippen LogP contribution < -0.4 is 10.6 Å². The largest absolute Gasteiger partial charge is 0.332 e. The van der Waals surface area contributed by atoms with Crippen LogP contribution in [0.1, 0.15) is 15.9 Å². The van der Waals surface area contributed by atoms with Crippen LogP contribution in [0.5, 0.6) is 0 Å². The van der Waals surface area contributed by atoms with Crippen molar-refractivity contribution in [2.75, 3.05) is 5.32 Å². The first kappa shape index (κ1) is 18.1. The smallest absolute Gasteiger partial charge is 0.274 e. The molecule has 0 aliphatic heterocycles. The molecule has 0 saturated carbocycles. The quantitative estimate of drug-likeness (QED) is 0.467. The molecule has 2 aromatic rings. The number of benzene rings is 2. The number of halogens is 2. The molecule has 6 nitrogen and oxygen atoms in total. The Kier molecular flexibility index (Phi) is 5.71. The van der Waals surface area contributed by atoms with E-state index >= 15 is 0 Å². The van der Waals surface area contributed by atoms with E-state index in [9.17, 15) is 14.9 Å². The minimum absolute atomic E-state index is 0.00499. The Morgan fingerprint density at radius 1 is 1.25 bits per heavy atom. The van der Waals surface area contributed by atoms with Gasteiger partial charge in [-0.3, -0.25) is 20.2 Å². The highest BCUT2D eigenvalue weighted by atomic mass is 35.5. The zero-order chi connectivity index (χ0) is 17.9. The number of amides is 1. The predicted octanol–water partition coefficient (Wildman–Crippen LogP) is 4.34. The number of hydrogen-bond acceptors (Lipinski definition) is 4. The fourth-order valence-electron chi connectivity index (χ4n) is 1.95. The summed E-state index contributed by atoms with van der Waals surface area (Å²) < 4.78 is 0. The summed E-state index contributed by atoms with van der Waals surface area (Å²) in [5.74, 6) is -0.516. The Balaban J connectivity index is 2.12. The minimum atomic E-state index is -0.516. The third kappa shape index (κ3) is 4.19. The second kappa shape index (κ2) is 7.57. The van der Waals surface area contributed by atoms with Crippen molar-refractivity contribution >= 4 is 57.8 Å². The number of carbonyl (C=O) groups excluding carboxylic acids is 1. The Bertz CT molecular complexity index is 843. The molecule has 2 N–H and O–H groups in total. The van der Waals surface area contributed by atoms with Gasteiger partial charge in [-0.05, 0) is 43.4 Å². The molecular weight excluding hydrogens is 373 g/mol. The van der Waals surface area contributed by atoms with E-state index in [2.05, 4.69) is 10.6 Å². The fraction of sp³-hybridized carbons (Fsp3) is 0.0667. The maximum Gasteiger partial charge on any atom is 0.274 e. The molecule has 9 heteroatoms. The summed E-state index contributed by atoms with van der Waals surface area (Å²) in [4.78, 5) is 22.6. The fourth-order valence-corrected chi connectivity index (χ4v) is 2.65. The summed E-state index contributed by atoms with van der Waals surface area (Å²) in [5.41, 5.74) is 0.996. The summed E-state index contributed by atoms with van der Waals surface area (Å²) in [7, 11) is 0. The lowest BCUT2D eigenvalue weighted by Gasteiger charge is -2.12. The molecule has 0 fully saturated rings. The summed E-state index contributed by atoms with van der Waals surface area (Å²) in [5, 5.41) is 16.8. The third-order valence-corrected chi connectivity index (χ3v) is 3.90. The normalized spacial score (nSPS) is 10.1. The van der Waals surface area contributed by atoms with Crippen molar-refractivity contribution in [1.29, 1.82) is 0 Å². The van der Waals surface area contributed by atoms with Crippen LogP contribution in [-0.4, -0.2) is 15.9 Å². The van der Waals surface area contributed by atoms with Crippen molar-refractivity contribution < 1.29 is 9.72 Å². The molecule has 0 aliphatic carbocycles. The molecule has 0 aliphatic rings. The van der Waals surface area contributed by atoms with E-state index < -0.39 is 10.8 Å². The van der Waals surface area contributed by atoms with E-state index in [4.69, 9.17) is 35.4 Å². The Hall–Kier alpha value is -2.22. The van der Waals surface area contributed by atoms with Gasteiger partial charge in [-0.1, -0.05) is 29.3 Å². The van der Waals surface area contributed by atoms with Crippen LogP contribution >= 0.6 is 35.4 Å². The highest BCUT2D eigenvalue weighted by Gasteiger charge is 2.16. The van der Waals surface area contributed by atoms with Gasteiger partial charge in [0, 0.05) is 11.1 Å². The first-order chi connectivity index (χ1) is 11.3. The van der Waals surface area contributed by atoms with Crippen LogP contribution in [0.15, 0.2) is 36.4 Å². The van der Waals surface area contributed by atoms with Gasteiger partial charge in [-0.15, -0.1) is 0 Å². The number of rotatable bonds is 3. The molecule has 24 heavy (non-hydrogen) atoms. The van der Waals surface area contributed by atoms with Crippen molar-refractivity contribution in [3.05, 3.63) is 67.7 Å². The van der Waals surface area contributed by atoms with Gasteiger partial charge in [0.25, 0.3) is 11.6 Å². The Labute approximate surface area is 152 Å².